The zero-order valence-electron chi connectivity index (χ0n) is 13.8. The Morgan fingerprint density at radius 1 is 1.28 bits per heavy atom. The van der Waals surface area contributed by atoms with Gasteiger partial charge in [0.1, 0.15) is 0 Å². The maximum atomic E-state index is 12.3. The summed E-state index contributed by atoms with van der Waals surface area (Å²) < 4.78 is 39.4. The van der Waals surface area contributed by atoms with Crippen LogP contribution in [0.3, 0.4) is 0 Å². The summed E-state index contributed by atoms with van der Waals surface area (Å²) in [6.45, 7) is -0.469. The molecule has 0 saturated heterocycles. The molecule has 0 aliphatic rings. The van der Waals surface area contributed by atoms with E-state index in [0.29, 0.717) is 12.5 Å². The number of alkyl halides is 2. The number of nitrogens with zero attached hydrogens (tertiary/aromatic N) is 1. The predicted molar refractivity (Wildman–Crippen MR) is 86.2 cm³/mol. The fourth-order valence-corrected chi connectivity index (χ4v) is 2.11. The van der Waals surface area contributed by atoms with Crippen LogP contribution in [0.5, 0.6) is 17.4 Å². The highest BCUT2D eigenvalue weighted by molar-refractivity contribution is 5.94. The van der Waals surface area contributed by atoms with Gasteiger partial charge in [0.15, 0.2) is 11.5 Å². The minimum absolute atomic E-state index is 0.0457. The molecule has 1 aromatic carbocycles. The highest BCUT2D eigenvalue weighted by Crippen LogP contribution is 2.29. The Bertz CT molecular complexity index is 726. The van der Waals surface area contributed by atoms with E-state index in [1.54, 1.807) is 18.3 Å². The number of benzene rings is 1. The number of ether oxygens (including phenoxy) is 3. The lowest BCUT2D eigenvalue weighted by Crippen LogP contribution is -2.23. The first-order valence-electron chi connectivity index (χ1n) is 7.52. The molecule has 2 aromatic rings. The summed E-state index contributed by atoms with van der Waals surface area (Å²) in [5.74, 6) is -0.0407. The van der Waals surface area contributed by atoms with E-state index in [1.165, 1.54) is 25.3 Å². The van der Waals surface area contributed by atoms with Crippen molar-refractivity contribution in [3.8, 4) is 17.4 Å². The Morgan fingerprint density at radius 3 is 2.76 bits per heavy atom. The molecular formula is C17H18F2N2O4. The molecule has 0 atom stereocenters. The molecule has 0 radical (unpaired) electrons. The Kier molecular flexibility index (Phi) is 6.50. The van der Waals surface area contributed by atoms with Crippen LogP contribution in [-0.4, -0.2) is 31.2 Å². The molecule has 1 heterocycles. The smallest absolute Gasteiger partial charge is 0.387 e. The van der Waals surface area contributed by atoms with Gasteiger partial charge in [-0.3, -0.25) is 4.79 Å². The van der Waals surface area contributed by atoms with Crippen LogP contribution < -0.4 is 19.5 Å². The van der Waals surface area contributed by atoms with E-state index in [4.69, 9.17) is 9.47 Å². The maximum absolute atomic E-state index is 12.3. The third-order valence-electron chi connectivity index (χ3n) is 3.21. The van der Waals surface area contributed by atoms with Gasteiger partial charge in [0.2, 0.25) is 5.88 Å². The fourth-order valence-electron chi connectivity index (χ4n) is 2.11. The number of hydrogen-bond acceptors (Lipinski definition) is 5. The third-order valence-corrected chi connectivity index (χ3v) is 3.21. The summed E-state index contributed by atoms with van der Waals surface area (Å²) in [7, 11) is 1.30. The maximum Gasteiger partial charge on any atom is 0.387 e. The first-order chi connectivity index (χ1) is 12.0. The molecule has 0 unspecified atom stereocenters. The summed E-state index contributed by atoms with van der Waals surface area (Å²) in [5.41, 5.74) is 0.975. The van der Waals surface area contributed by atoms with Gasteiger partial charge in [0.25, 0.3) is 5.91 Å². The molecule has 8 heteroatoms. The molecule has 134 valence electrons. The minimum Gasteiger partial charge on any atom is -0.493 e. The molecule has 2 rings (SSSR count). The summed E-state index contributed by atoms with van der Waals surface area (Å²) in [6, 6.07) is 7.50. The molecule has 0 bridgehead atoms. The van der Waals surface area contributed by atoms with Gasteiger partial charge in [0.05, 0.1) is 13.7 Å². The number of amides is 1. The van der Waals surface area contributed by atoms with Gasteiger partial charge in [-0.15, -0.1) is 0 Å². The van der Waals surface area contributed by atoms with Crippen LogP contribution in [0.25, 0.3) is 0 Å². The predicted octanol–water partition coefficient (Wildman–Crippen LogP) is 3.02. The molecule has 6 nitrogen and oxygen atoms in total. The van der Waals surface area contributed by atoms with Crippen molar-refractivity contribution in [3.63, 3.8) is 0 Å². The topological polar surface area (TPSA) is 69.7 Å². The van der Waals surface area contributed by atoms with E-state index in [9.17, 15) is 13.6 Å². The molecule has 0 saturated carbocycles. The Balaban J connectivity index is 2.08. The van der Waals surface area contributed by atoms with E-state index >= 15 is 0 Å². The second-order valence-electron chi connectivity index (χ2n) is 4.83. The normalized spacial score (nSPS) is 10.4. The van der Waals surface area contributed by atoms with Crippen molar-refractivity contribution in [1.29, 1.82) is 0 Å². The number of methoxy groups -OCH3 is 1. The number of nitrogens with one attached hydrogen (secondary N) is 1. The van der Waals surface area contributed by atoms with Gasteiger partial charge >= 0.3 is 6.61 Å². The Labute approximate surface area is 143 Å². The van der Waals surface area contributed by atoms with Gasteiger partial charge in [0, 0.05) is 23.9 Å². The van der Waals surface area contributed by atoms with Crippen molar-refractivity contribution in [2.24, 2.45) is 0 Å². The van der Waals surface area contributed by atoms with Gasteiger partial charge < -0.3 is 19.5 Å². The first-order valence-corrected chi connectivity index (χ1v) is 7.52. The monoisotopic (exact) mass is 352 g/mol. The Morgan fingerprint density at radius 2 is 2.08 bits per heavy atom. The van der Waals surface area contributed by atoms with Gasteiger partial charge in [-0.05, 0) is 31.2 Å². The zero-order chi connectivity index (χ0) is 18.2. The SMILES string of the molecule is CCOc1ncccc1CNC(=O)c1ccc(OC(F)F)c(OC)c1. The van der Waals surface area contributed by atoms with Crippen molar-refractivity contribution in [2.45, 2.75) is 20.1 Å². The molecule has 0 fully saturated rings. The van der Waals surface area contributed by atoms with E-state index in [0.717, 1.165) is 5.56 Å². The molecular weight excluding hydrogens is 334 g/mol. The van der Waals surface area contributed by atoms with Crippen molar-refractivity contribution < 1.29 is 27.8 Å². The minimum atomic E-state index is -2.98. The highest BCUT2D eigenvalue weighted by atomic mass is 19.3. The van der Waals surface area contributed by atoms with Gasteiger partial charge in [-0.1, -0.05) is 6.07 Å². The molecule has 0 aliphatic carbocycles. The summed E-state index contributed by atoms with van der Waals surface area (Å²) >= 11 is 0. The van der Waals surface area contributed by atoms with Crippen molar-refractivity contribution in [1.82, 2.24) is 10.3 Å². The fraction of sp³-hybridized carbons (Fsp3) is 0.294. The average Bonchev–Trinajstić information content (AvgIpc) is 2.61. The number of aromatic nitrogens is 1. The van der Waals surface area contributed by atoms with Crippen LogP contribution in [-0.2, 0) is 6.54 Å². The number of pyridine rings is 1. The first kappa shape index (κ1) is 18.4. The molecule has 1 amide bonds. The molecule has 25 heavy (non-hydrogen) atoms. The van der Waals surface area contributed by atoms with Crippen molar-refractivity contribution >= 4 is 5.91 Å². The lowest BCUT2D eigenvalue weighted by Gasteiger charge is -2.12. The van der Waals surface area contributed by atoms with Crippen LogP contribution in [0.4, 0.5) is 8.78 Å². The summed E-state index contributed by atoms with van der Waals surface area (Å²) in [6.07, 6.45) is 1.60. The second-order valence-corrected chi connectivity index (χ2v) is 4.83. The number of carbonyl (C=O) groups is 1. The van der Waals surface area contributed by atoms with Crippen molar-refractivity contribution in [2.75, 3.05) is 13.7 Å². The van der Waals surface area contributed by atoms with E-state index < -0.39 is 12.5 Å². The quantitative estimate of drug-likeness (QED) is 0.791. The number of rotatable bonds is 8. The lowest BCUT2D eigenvalue weighted by molar-refractivity contribution is -0.0512. The lowest BCUT2D eigenvalue weighted by atomic mass is 10.2. The number of halogens is 2. The summed E-state index contributed by atoms with van der Waals surface area (Å²) in [4.78, 5) is 16.4. The van der Waals surface area contributed by atoms with E-state index in [2.05, 4.69) is 15.0 Å². The van der Waals surface area contributed by atoms with Crippen LogP contribution >= 0.6 is 0 Å². The van der Waals surface area contributed by atoms with E-state index in [1.807, 2.05) is 6.92 Å². The average molecular weight is 352 g/mol. The van der Waals surface area contributed by atoms with Crippen LogP contribution in [0.15, 0.2) is 36.5 Å². The molecule has 1 aromatic heterocycles. The standard InChI is InChI=1S/C17H18F2N2O4/c1-3-24-16-12(5-4-8-20-16)10-21-15(22)11-6-7-13(25-17(18)19)14(9-11)23-2/h4-9,17H,3,10H2,1-2H3,(H,21,22). The zero-order valence-corrected chi connectivity index (χ0v) is 13.8. The van der Waals surface area contributed by atoms with Crippen LogP contribution in [0, 0.1) is 0 Å². The van der Waals surface area contributed by atoms with E-state index in [-0.39, 0.29) is 23.6 Å². The molecule has 0 aliphatic heterocycles. The third kappa shape index (κ3) is 5.03. The van der Waals surface area contributed by atoms with Crippen LogP contribution in [0.2, 0.25) is 0 Å². The molecule has 1 N–H and O–H groups in total. The van der Waals surface area contributed by atoms with Crippen LogP contribution in [0.1, 0.15) is 22.8 Å². The van der Waals surface area contributed by atoms with Gasteiger partial charge in [-0.2, -0.15) is 8.78 Å². The second kappa shape index (κ2) is 8.81. The highest BCUT2D eigenvalue weighted by Gasteiger charge is 2.14. The number of hydrogen-bond donors (Lipinski definition) is 1. The molecule has 0 spiro atoms. The Hall–Kier alpha value is -2.90. The summed E-state index contributed by atoms with van der Waals surface area (Å²) in [5, 5.41) is 2.72. The van der Waals surface area contributed by atoms with Crippen molar-refractivity contribution in [3.05, 3.63) is 47.7 Å². The number of carbonyl (C=O) groups excluding carboxylic acids is 1. The van der Waals surface area contributed by atoms with Gasteiger partial charge in [-0.25, -0.2) is 4.98 Å². The largest absolute Gasteiger partial charge is 0.493 e.